The number of hydrogen-bond donors (Lipinski definition) is 0. The van der Waals surface area contributed by atoms with Crippen LogP contribution in [0.1, 0.15) is 23.5 Å². The first-order valence-electron chi connectivity index (χ1n) is 8.93. The molecule has 2 aliphatic heterocycles. The molecule has 6 nitrogen and oxygen atoms in total. The van der Waals surface area contributed by atoms with Crippen molar-refractivity contribution in [2.24, 2.45) is 0 Å². The van der Waals surface area contributed by atoms with Crippen LogP contribution in [0.4, 0.5) is 0 Å². The smallest absolute Gasteiger partial charge is 0.307 e. The van der Waals surface area contributed by atoms with Gasteiger partial charge in [0.1, 0.15) is 11.9 Å². The number of carbonyl (C=O) groups excluding carboxylic acids is 1. The molecular weight excluding hydrogens is 380 g/mol. The Balaban J connectivity index is 1.88. The molecule has 0 N–H and O–H groups in total. The number of ether oxygens (including phenoxy) is 5. The van der Waals surface area contributed by atoms with Crippen LogP contribution in [0.3, 0.4) is 0 Å². The molecule has 2 heterocycles. The molecule has 0 aromatic heterocycles. The highest BCUT2D eigenvalue weighted by Gasteiger charge is 2.46. The van der Waals surface area contributed by atoms with Gasteiger partial charge in [0.05, 0.1) is 40.1 Å². The first-order chi connectivity index (χ1) is 13.6. The molecule has 2 aromatic rings. The number of thioether (sulfide) groups is 1. The van der Waals surface area contributed by atoms with Gasteiger partial charge in [-0.3, -0.25) is 4.79 Å². The van der Waals surface area contributed by atoms with Crippen molar-refractivity contribution in [3.05, 3.63) is 41.5 Å². The highest BCUT2D eigenvalue weighted by Crippen LogP contribution is 2.52. The summed E-state index contributed by atoms with van der Waals surface area (Å²) >= 11 is 1.67. The summed E-state index contributed by atoms with van der Waals surface area (Å²) in [6, 6.07) is 9.85. The summed E-state index contributed by atoms with van der Waals surface area (Å²) in [5.74, 6) is 2.18. The van der Waals surface area contributed by atoms with E-state index in [1.807, 2.05) is 30.3 Å². The zero-order valence-corrected chi connectivity index (χ0v) is 17.0. The quantitative estimate of drug-likeness (QED) is 0.708. The molecule has 0 aliphatic carbocycles. The van der Waals surface area contributed by atoms with E-state index in [0.717, 1.165) is 21.8 Å². The van der Waals surface area contributed by atoms with Crippen molar-refractivity contribution < 1.29 is 28.5 Å². The summed E-state index contributed by atoms with van der Waals surface area (Å²) < 4.78 is 27.6. The van der Waals surface area contributed by atoms with Gasteiger partial charge in [-0.1, -0.05) is 6.07 Å². The minimum atomic E-state index is -0.249. The van der Waals surface area contributed by atoms with E-state index in [-0.39, 0.29) is 23.2 Å². The van der Waals surface area contributed by atoms with Crippen molar-refractivity contribution in [3.63, 3.8) is 0 Å². The number of rotatable bonds is 5. The van der Waals surface area contributed by atoms with E-state index in [4.69, 9.17) is 23.7 Å². The van der Waals surface area contributed by atoms with E-state index in [9.17, 15) is 4.79 Å². The Morgan fingerprint density at radius 3 is 2.29 bits per heavy atom. The van der Waals surface area contributed by atoms with Crippen LogP contribution < -0.4 is 18.9 Å². The SMILES string of the molecule is COc1ccc2c(c1)S[C@H]1CC(=O)O[C@@H]1[C@H]2c1cc(OC)c(OC)c(OC)c1. The van der Waals surface area contributed by atoms with E-state index in [2.05, 4.69) is 0 Å². The van der Waals surface area contributed by atoms with Crippen LogP contribution in [-0.2, 0) is 9.53 Å². The Kier molecular flexibility index (Phi) is 5.02. The molecule has 4 rings (SSSR count). The molecule has 0 spiro atoms. The highest BCUT2D eigenvalue weighted by molar-refractivity contribution is 8.00. The first-order valence-corrected chi connectivity index (χ1v) is 9.81. The van der Waals surface area contributed by atoms with Crippen molar-refractivity contribution in [2.75, 3.05) is 28.4 Å². The summed E-state index contributed by atoms with van der Waals surface area (Å²) in [5.41, 5.74) is 2.04. The molecule has 0 saturated carbocycles. The molecule has 3 atom stereocenters. The summed E-state index contributed by atoms with van der Waals surface area (Å²) in [7, 11) is 6.41. The Bertz CT molecular complexity index is 887. The lowest BCUT2D eigenvalue weighted by atomic mass is 9.84. The van der Waals surface area contributed by atoms with Gasteiger partial charge in [-0.25, -0.2) is 0 Å². The Labute approximate surface area is 168 Å². The van der Waals surface area contributed by atoms with Gasteiger partial charge in [0.2, 0.25) is 5.75 Å². The minimum absolute atomic E-state index is 0.0520. The fourth-order valence-electron chi connectivity index (χ4n) is 3.94. The van der Waals surface area contributed by atoms with Crippen LogP contribution >= 0.6 is 11.8 Å². The van der Waals surface area contributed by atoms with Crippen LogP contribution in [0.15, 0.2) is 35.2 Å². The lowest BCUT2D eigenvalue weighted by molar-refractivity contribution is -0.141. The first kappa shape index (κ1) is 18.8. The number of benzene rings is 2. The average Bonchev–Trinajstić information content (AvgIpc) is 3.09. The third kappa shape index (κ3) is 3.03. The molecule has 1 fully saturated rings. The number of hydrogen-bond acceptors (Lipinski definition) is 7. The van der Waals surface area contributed by atoms with E-state index in [0.29, 0.717) is 23.7 Å². The fourth-order valence-corrected chi connectivity index (χ4v) is 5.35. The summed E-state index contributed by atoms with van der Waals surface area (Å²) in [6.07, 6.45) is 0.147. The van der Waals surface area contributed by atoms with E-state index >= 15 is 0 Å². The summed E-state index contributed by atoms with van der Waals surface area (Å²) in [4.78, 5) is 13.2. The zero-order chi connectivity index (χ0) is 19.8. The second-order valence-electron chi connectivity index (χ2n) is 6.66. The fraction of sp³-hybridized carbons (Fsp3) is 0.381. The molecule has 2 aliphatic rings. The molecule has 148 valence electrons. The molecule has 1 saturated heterocycles. The standard InChI is InChI=1S/C21H22O6S/c1-23-12-5-6-13-16(9-12)28-17-10-18(22)27-21(17)19(13)11-7-14(24-2)20(26-4)15(8-11)25-3/h5-9,17,19,21H,10H2,1-4H3/t17-,19-,21-/m0/s1. The number of carbonyl (C=O) groups is 1. The second kappa shape index (κ2) is 7.47. The van der Waals surface area contributed by atoms with Crippen LogP contribution in [0.25, 0.3) is 0 Å². The monoisotopic (exact) mass is 402 g/mol. The molecule has 0 bridgehead atoms. The largest absolute Gasteiger partial charge is 0.497 e. The molecule has 0 unspecified atom stereocenters. The maximum atomic E-state index is 12.1. The number of methoxy groups -OCH3 is 4. The Morgan fingerprint density at radius 2 is 1.68 bits per heavy atom. The van der Waals surface area contributed by atoms with Gasteiger partial charge in [-0.05, 0) is 35.4 Å². The normalized spacial score (nSPS) is 22.7. The second-order valence-corrected chi connectivity index (χ2v) is 7.94. The highest BCUT2D eigenvalue weighted by atomic mass is 32.2. The minimum Gasteiger partial charge on any atom is -0.497 e. The van der Waals surface area contributed by atoms with Gasteiger partial charge in [0.15, 0.2) is 11.5 Å². The van der Waals surface area contributed by atoms with Gasteiger partial charge < -0.3 is 23.7 Å². The van der Waals surface area contributed by atoms with E-state index < -0.39 is 0 Å². The molecule has 0 radical (unpaired) electrons. The molecule has 0 amide bonds. The van der Waals surface area contributed by atoms with Gasteiger partial charge >= 0.3 is 5.97 Å². The van der Waals surface area contributed by atoms with Crippen molar-refractivity contribution in [3.8, 4) is 23.0 Å². The van der Waals surface area contributed by atoms with Crippen LogP contribution in [0, 0.1) is 0 Å². The van der Waals surface area contributed by atoms with Gasteiger partial charge in [0, 0.05) is 10.8 Å². The van der Waals surface area contributed by atoms with Gasteiger partial charge in [0.25, 0.3) is 0 Å². The Morgan fingerprint density at radius 1 is 0.964 bits per heavy atom. The molecular formula is C21H22O6S. The lowest BCUT2D eigenvalue weighted by Gasteiger charge is -2.34. The number of fused-ring (bicyclic) bond motifs is 2. The predicted octanol–water partition coefficient (Wildman–Crippen LogP) is 3.64. The summed E-state index contributed by atoms with van der Waals surface area (Å²) in [5, 5.41) is 0.0520. The van der Waals surface area contributed by atoms with Crippen LogP contribution in [0.5, 0.6) is 23.0 Å². The van der Waals surface area contributed by atoms with Crippen molar-refractivity contribution >= 4 is 17.7 Å². The Hall–Kier alpha value is -2.54. The van der Waals surface area contributed by atoms with E-state index in [1.165, 1.54) is 0 Å². The zero-order valence-electron chi connectivity index (χ0n) is 16.2. The maximum Gasteiger partial charge on any atom is 0.307 e. The lowest BCUT2D eigenvalue weighted by Crippen LogP contribution is -2.31. The number of esters is 1. The third-order valence-corrected chi connectivity index (χ3v) is 6.56. The molecule has 2 aromatic carbocycles. The third-order valence-electron chi connectivity index (χ3n) is 5.21. The van der Waals surface area contributed by atoms with Crippen molar-refractivity contribution in [2.45, 2.75) is 28.6 Å². The molecule has 7 heteroatoms. The molecule has 28 heavy (non-hydrogen) atoms. The predicted molar refractivity (Wildman–Crippen MR) is 105 cm³/mol. The van der Waals surface area contributed by atoms with Crippen LogP contribution in [-0.4, -0.2) is 45.8 Å². The van der Waals surface area contributed by atoms with Crippen molar-refractivity contribution in [1.82, 2.24) is 0 Å². The maximum absolute atomic E-state index is 12.1. The topological polar surface area (TPSA) is 63.2 Å². The summed E-state index contributed by atoms with van der Waals surface area (Å²) in [6.45, 7) is 0. The van der Waals surface area contributed by atoms with Crippen LogP contribution in [0.2, 0.25) is 0 Å². The average molecular weight is 402 g/mol. The van der Waals surface area contributed by atoms with Gasteiger partial charge in [-0.15, -0.1) is 11.8 Å². The van der Waals surface area contributed by atoms with Crippen molar-refractivity contribution in [1.29, 1.82) is 0 Å². The van der Waals surface area contributed by atoms with Gasteiger partial charge in [-0.2, -0.15) is 0 Å². The van der Waals surface area contributed by atoms with E-state index in [1.54, 1.807) is 40.2 Å².